The summed E-state index contributed by atoms with van der Waals surface area (Å²) in [6.07, 6.45) is 2.92. The van der Waals surface area contributed by atoms with Gasteiger partial charge in [0.15, 0.2) is 0 Å². The summed E-state index contributed by atoms with van der Waals surface area (Å²) in [4.78, 5) is 2.52. The van der Waals surface area contributed by atoms with Crippen molar-refractivity contribution in [3.05, 3.63) is 110 Å². The van der Waals surface area contributed by atoms with Crippen molar-refractivity contribution in [1.29, 1.82) is 0 Å². The molecule has 1 N–H and O–H groups in total. The summed E-state index contributed by atoms with van der Waals surface area (Å²) in [5.74, 6) is 8.91. The van der Waals surface area contributed by atoms with Crippen molar-refractivity contribution in [2.45, 2.75) is 39.0 Å². The van der Waals surface area contributed by atoms with Gasteiger partial charge in [0.1, 0.15) is 0 Å². The Morgan fingerprint density at radius 3 is 2.30 bits per heavy atom. The molecule has 0 unspecified atom stereocenters. The summed E-state index contributed by atoms with van der Waals surface area (Å²) in [6, 6.07) is 21.8. The van der Waals surface area contributed by atoms with Gasteiger partial charge in [-0.05, 0) is 60.5 Å². The molecule has 2 aliphatic heterocycles. The van der Waals surface area contributed by atoms with E-state index in [0.717, 1.165) is 78.8 Å². The molecule has 7 nitrogen and oxygen atoms in total. The Labute approximate surface area is 292 Å². The van der Waals surface area contributed by atoms with Crippen LogP contribution in [0.2, 0.25) is 10.0 Å². The number of fused-ring (bicyclic) bond motifs is 1. The third kappa shape index (κ3) is 9.01. The highest BCUT2D eigenvalue weighted by Gasteiger charge is 2.30. The first kappa shape index (κ1) is 34.1. The van der Waals surface area contributed by atoms with Crippen LogP contribution in [0.4, 0.5) is 0 Å². The lowest BCUT2D eigenvalue weighted by molar-refractivity contribution is 0.288. The molecule has 0 amide bonds. The van der Waals surface area contributed by atoms with Gasteiger partial charge in [-0.3, -0.25) is 4.68 Å². The molecule has 0 spiro atoms. The average Bonchev–Trinajstić information content (AvgIpc) is 3.44. The normalized spacial score (nSPS) is 15.6. The smallest absolute Gasteiger partial charge is 0.211 e. The molecule has 2 aliphatic rings. The maximum atomic E-state index is 12.5. The second-order valence-corrected chi connectivity index (χ2v) is 16.1. The third-order valence-corrected chi connectivity index (χ3v) is 11.4. The Balaban J connectivity index is 1.18. The molecule has 1 fully saturated rings. The fraction of sp³-hybridized carbons (Fsp3) is 0.361. The van der Waals surface area contributed by atoms with Gasteiger partial charge in [0.05, 0.1) is 17.0 Å². The van der Waals surface area contributed by atoms with E-state index >= 15 is 0 Å². The SMILES string of the molecule is CS(=O)(=O)N1CCc2c(c(-c3ccc(Cl)c(C#Cc4ccc(CNCc5ccc(Cl)cc5)cc4)c3)nn2CCCN2CCSCC2)C1. The molecule has 0 aliphatic carbocycles. The van der Waals surface area contributed by atoms with E-state index in [1.807, 2.05) is 66.4 Å². The van der Waals surface area contributed by atoms with Crippen LogP contribution in [-0.2, 0) is 42.6 Å². The third-order valence-electron chi connectivity index (χ3n) is 8.62. The van der Waals surface area contributed by atoms with Crippen LogP contribution in [0.25, 0.3) is 11.3 Å². The van der Waals surface area contributed by atoms with Crippen molar-refractivity contribution in [2.75, 3.05) is 43.9 Å². The number of aryl methyl sites for hydroxylation is 1. The Morgan fingerprint density at radius 2 is 1.60 bits per heavy atom. The molecular weight excluding hydrogens is 669 g/mol. The minimum atomic E-state index is -3.33. The van der Waals surface area contributed by atoms with Crippen LogP contribution in [-0.4, -0.2) is 71.3 Å². The van der Waals surface area contributed by atoms with Crippen LogP contribution in [0.15, 0.2) is 66.7 Å². The van der Waals surface area contributed by atoms with Crippen LogP contribution < -0.4 is 5.32 Å². The van der Waals surface area contributed by atoms with Crippen LogP contribution in [0.5, 0.6) is 0 Å². The molecule has 3 heterocycles. The van der Waals surface area contributed by atoms with E-state index in [1.54, 1.807) is 4.31 Å². The van der Waals surface area contributed by atoms with Crippen molar-refractivity contribution < 1.29 is 8.42 Å². The van der Waals surface area contributed by atoms with Crippen molar-refractivity contribution in [3.63, 3.8) is 0 Å². The van der Waals surface area contributed by atoms with Gasteiger partial charge in [-0.25, -0.2) is 8.42 Å². The fourth-order valence-corrected chi connectivity index (χ4v) is 8.06. The number of hydrogen-bond donors (Lipinski definition) is 1. The van der Waals surface area contributed by atoms with E-state index in [1.165, 1.54) is 28.9 Å². The number of nitrogens with one attached hydrogen (secondary N) is 1. The number of sulfonamides is 1. The Morgan fingerprint density at radius 1 is 0.894 bits per heavy atom. The molecule has 0 saturated carbocycles. The average molecular weight is 709 g/mol. The summed E-state index contributed by atoms with van der Waals surface area (Å²) in [7, 11) is -3.33. The minimum Gasteiger partial charge on any atom is -0.309 e. The van der Waals surface area contributed by atoms with Gasteiger partial charge in [0.2, 0.25) is 10.0 Å². The van der Waals surface area contributed by atoms with Gasteiger partial charge < -0.3 is 10.2 Å². The molecule has 4 aromatic rings. The molecule has 6 rings (SSSR count). The van der Waals surface area contributed by atoms with Gasteiger partial charge in [-0.15, -0.1) is 0 Å². The Hall–Kier alpha value is -2.81. The summed E-state index contributed by atoms with van der Waals surface area (Å²) in [5, 5.41) is 9.84. The van der Waals surface area contributed by atoms with E-state index in [4.69, 9.17) is 28.3 Å². The largest absolute Gasteiger partial charge is 0.309 e. The van der Waals surface area contributed by atoms with Crippen molar-refractivity contribution >= 4 is 45.0 Å². The van der Waals surface area contributed by atoms with Crippen molar-refractivity contribution in [1.82, 2.24) is 24.3 Å². The Kier molecular flexibility index (Phi) is 11.3. The predicted molar refractivity (Wildman–Crippen MR) is 194 cm³/mol. The molecule has 0 atom stereocenters. The quantitative estimate of drug-likeness (QED) is 0.195. The van der Waals surface area contributed by atoms with E-state index in [2.05, 4.69) is 38.9 Å². The number of aromatic nitrogens is 2. The first-order valence-electron chi connectivity index (χ1n) is 15.9. The molecule has 1 saturated heterocycles. The molecule has 47 heavy (non-hydrogen) atoms. The van der Waals surface area contributed by atoms with Gasteiger partial charge in [-0.2, -0.15) is 21.2 Å². The first-order chi connectivity index (χ1) is 22.7. The van der Waals surface area contributed by atoms with Crippen molar-refractivity contribution in [3.8, 4) is 23.1 Å². The molecule has 3 aromatic carbocycles. The van der Waals surface area contributed by atoms with Gasteiger partial charge in [0.25, 0.3) is 0 Å². The minimum absolute atomic E-state index is 0.317. The maximum absolute atomic E-state index is 12.5. The monoisotopic (exact) mass is 707 g/mol. The zero-order chi connectivity index (χ0) is 32.8. The number of benzene rings is 3. The highest BCUT2D eigenvalue weighted by Crippen LogP contribution is 2.33. The fourth-order valence-electron chi connectivity index (χ4n) is 6.00. The maximum Gasteiger partial charge on any atom is 0.211 e. The van der Waals surface area contributed by atoms with Crippen LogP contribution in [0, 0.1) is 11.8 Å². The zero-order valence-corrected chi connectivity index (χ0v) is 29.7. The molecule has 11 heteroatoms. The number of rotatable bonds is 10. The molecule has 246 valence electrons. The van der Waals surface area contributed by atoms with E-state index in [-0.39, 0.29) is 0 Å². The molecular formula is C36H39Cl2N5O2S2. The zero-order valence-electron chi connectivity index (χ0n) is 26.5. The standard InChI is InChI=1S/C36H39Cl2N5O2S2/c1-47(44,45)42-18-15-35-33(26-42)36(40-43(35)17-2-16-41-19-21-46-22-20-41)31-11-14-34(38)30(23-31)10-7-27-3-5-28(6-4-27)24-39-25-29-8-12-32(37)13-9-29/h3-6,8-9,11-14,23,39H,2,15-22,24-26H2,1H3. The summed E-state index contributed by atoms with van der Waals surface area (Å²) < 4.78 is 28.7. The summed E-state index contributed by atoms with van der Waals surface area (Å²) in [5.41, 5.74) is 7.74. The first-order valence-corrected chi connectivity index (χ1v) is 19.7. The van der Waals surface area contributed by atoms with E-state index in [0.29, 0.717) is 30.1 Å². The lowest BCUT2D eigenvalue weighted by Crippen LogP contribution is -2.36. The number of halogens is 2. The number of hydrogen-bond acceptors (Lipinski definition) is 6. The van der Waals surface area contributed by atoms with E-state index < -0.39 is 10.0 Å². The van der Waals surface area contributed by atoms with Crippen LogP contribution in [0.1, 0.15) is 39.9 Å². The van der Waals surface area contributed by atoms with E-state index in [9.17, 15) is 8.42 Å². The highest BCUT2D eigenvalue weighted by atomic mass is 35.5. The van der Waals surface area contributed by atoms with Gasteiger partial charge >= 0.3 is 0 Å². The highest BCUT2D eigenvalue weighted by molar-refractivity contribution is 7.99. The molecule has 1 aromatic heterocycles. The second kappa shape index (κ2) is 15.6. The summed E-state index contributed by atoms with van der Waals surface area (Å²) in [6.45, 7) is 6.41. The molecule has 0 bridgehead atoms. The lowest BCUT2D eigenvalue weighted by atomic mass is 10.0. The van der Waals surface area contributed by atoms with Crippen molar-refractivity contribution in [2.24, 2.45) is 0 Å². The van der Waals surface area contributed by atoms with Crippen LogP contribution in [0.3, 0.4) is 0 Å². The van der Waals surface area contributed by atoms with Gasteiger partial charge in [0, 0.05) is 96.7 Å². The Bertz CT molecular complexity index is 1860. The number of nitrogens with zero attached hydrogens (tertiary/aromatic N) is 4. The molecule has 0 radical (unpaired) electrons. The van der Waals surface area contributed by atoms with Crippen LogP contribution >= 0.6 is 35.0 Å². The second-order valence-electron chi connectivity index (χ2n) is 12.0. The summed E-state index contributed by atoms with van der Waals surface area (Å²) >= 11 is 14.6. The number of thioether (sulfide) groups is 1. The lowest BCUT2D eigenvalue weighted by Gasteiger charge is -2.27. The topological polar surface area (TPSA) is 70.5 Å². The predicted octanol–water partition coefficient (Wildman–Crippen LogP) is 6.30. The van der Waals surface area contributed by atoms with Gasteiger partial charge in [-0.1, -0.05) is 65.4 Å².